The van der Waals surface area contributed by atoms with Crippen LogP contribution < -0.4 is 5.32 Å². The molecule has 0 radical (unpaired) electrons. The van der Waals surface area contributed by atoms with Crippen LogP contribution in [0, 0.1) is 0 Å². The molecule has 3 nitrogen and oxygen atoms in total. The maximum Gasteiger partial charge on any atom is 0.223 e. The van der Waals surface area contributed by atoms with E-state index in [-0.39, 0.29) is 11.4 Å². The number of nitrogens with one attached hydrogen (secondary N) is 1. The van der Waals surface area contributed by atoms with Crippen LogP contribution in [0.4, 0.5) is 0 Å². The van der Waals surface area contributed by atoms with Gasteiger partial charge in [-0.2, -0.15) is 0 Å². The first kappa shape index (κ1) is 11.5. The average Bonchev–Trinajstić information content (AvgIpc) is 2.82. The third-order valence-electron chi connectivity index (χ3n) is 2.48. The minimum Gasteiger partial charge on any atom is -0.343 e. The van der Waals surface area contributed by atoms with Crippen LogP contribution in [-0.2, 0) is 4.79 Å². The van der Waals surface area contributed by atoms with E-state index < -0.39 is 0 Å². The Morgan fingerprint density at radius 3 is 2.43 bits per heavy atom. The van der Waals surface area contributed by atoms with Crippen LogP contribution in [0.25, 0.3) is 0 Å². The van der Waals surface area contributed by atoms with Crippen molar-refractivity contribution in [1.82, 2.24) is 10.2 Å². The predicted octanol–water partition coefficient (Wildman–Crippen LogP) is 1.39. The molecule has 0 aromatic carbocycles. The Kier molecular flexibility index (Phi) is 3.53. The van der Waals surface area contributed by atoms with Crippen molar-refractivity contribution in [2.24, 2.45) is 0 Å². The molecule has 0 atom stereocenters. The first-order valence-electron chi connectivity index (χ1n) is 5.41. The van der Waals surface area contributed by atoms with Crippen molar-refractivity contribution < 1.29 is 4.79 Å². The zero-order valence-corrected chi connectivity index (χ0v) is 9.76. The van der Waals surface area contributed by atoms with E-state index in [1.807, 2.05) is 11.9 Å². The summed E-state index contributed by atoms with van der Waals surface area (Å²) >= 11 is 0. The Bertz CT molecular complexity index is 204. The van der Waals surface area contributed by atoms with Gasteiger partial charge in [-0.05, 0) is 33.6 Å². The van der Waals surface area contributed by atoms with Gasteiger partial charge < -0.3 is 10.2 Å². The lowest BCUT2D eigenvalue weighted by molar-refractivity contribution is -0.130. The van der Waals surface area contributed by atoms with Crippen LogP contribution in [0.2, 0.25) is 0 Å². The summed E-state index contributed by atoms with van der Waals surface area (Å²) in [7, 11) is 1.91. The minimum atomic E-state index is 0.110. The van der Waals surface area contributed by atoms with E-state index in [9.17, 15) is 4.79 Å². The monoisotopic (exact) mass is 198 g/mol. The van der Waals surface area contributed by atoms with Gasteiger partial charge >= 0.3 is 0 Å². The fraction of sp³-hybridized carbons (Fsp3) is 0.909. The number of rotatable bonds is 4. The fourth-order valence-corrected chi connectivity index (χ4v) is 1.39. The van der Waals surface area contributed by atoms with Gasteiger partial charge in [0.1, 0.15) is 0 Å². The average molecular weight is 198 g/mol. The maximum absolute atomic E-state index is 11.6. The zero-order chi connectivity index (χ0) is 10.8. The quantitative estimate of drug-likeness (QED) is 0.740. The second kappa shape index (κ2) is 4.30. The number of carbonyl (C=O) groups excluding carboxylic acids is 1. The molecular weight excluding hydrogens is 176 g/mol. The highest BCUT2D eigenvalue weighted by Crippen LogP contribution is 2.25. The van der Waals surface area contributed by atoms with Crippen molar-refractivity contribution in [3.05, 3.63) is 0 Å². The molecule has 1 rings (SSSR count). The summed E-state index contributed by atoms with van der Waals surface area (Å²) in [5.41, 5.74) is 0.110. The summed E-state index contributed by atoms with van der Waals surface area (Å²) in [6, 6.07) is 0.539. The van der Waals surface area contributed by atoms with Gasteiger partial charge in [0, 0.05) is 31.6 Å². The molecule has 1 fully saturated rings. The van der Waals surface area contributed by atoms with Crippen molar-refractivity contribution in [2.45, 2.75) is 51.6 Å². The normalized spacial score (nSPS) is 16.9. The first-order chi connectivity index (χ1) is 6.40. The van der Waals surface area contributed by atoms with Gasteiger partial charge in [-0.1, -0.05) is 0 Å². The van der Waals surface area contributed by atoms with Crippen LogP contribution in [0.1, 0.15) is 40.0 Å². The Morgan fingerprint density at radius 2 is 2.00 bits per heavy atom. The molecule has 0 bridgehead atoms. The van der Waals surface area contributed by atoms with Gasteiger partial charge in [0.25, 0.3) is 0 Å². The van der Waals surface area contributed by atoms with Crippen molar-refractivity contribution in [3.8, 4) is 0 Å². The SMILES string of the molecule is CN(C(=O)CCNC(C)(C)C)C1CC1. The molecule has 3 heteroatoms. The minimum absolute atomic E-state index is 0.110. The lowest BCUT2D eigenvalue weighted by atomic mass is 10.1. The van der Waals surface area contributed by atoms with E-state index in [4.69, 9.17) is 0 Å². The van der Waals surface area contributed by atoms with E-state index >= 15 is 0 Å². The zero-order valence-electron chi connectivity index (χ0n) is 9.76. The van der Waals surface area contributed by atoms with Crippen molar-refractivity contribution in [1.29, 1.82) is 0 Å². The number of amides is 1. The molecule has 1 saturated carbocycles. The molecule has 14 heavy (non-hydrogen) atoms. The van der Waals surface area contributed by atoms with Crippen molar-refractivity contribution in [3.63, 3.8) is 0 Å². The molecule has 0 aliphatic heterocycles. The van der Waals surface area contributed by atoms with Crippen molar-refractivity contribution >= 4 is 5.91 Å². The molecule has 82 valence electrons. The summed E-state index contributed by atoms with van der Waals surface area (Å²) in [5.74, 6) is 0.268. The summed E-state index contributed by atoms with van der Waals surface area (Å²) in [4.78, 5) is 13.5. The van der Waals surface area contributed by atoms with Crippen LogP contribution >= 0.6 is 0 Å². The largest absolute Gasteiger partial charge is 0.343 e. The topological polar surface area (TPSA) is 32.3 Å². The van der Waals surface area contributed by atoms with Gasteiger partial charge in [0.15, 0.2) is 0 Å². The van der Waals surface area contributed by atoms with E-state index in [1.165, 1.54) is 12.8 Å². The highest BCUT2D eigenvalue weighted by molar-refractivity contribution is 5.76. The number of nitrogens with zero attached hydrogens (tertiary/aromatic N) is 1. The first-order valence-corrected chi connectivity index (χ1v) is 5.41. The van der Waals surface area contributed by atoms with Gasteiger partial charge in [-0.3, -0.25) is 4.79 Å². The summed E-state index contributed by atoms with van der Waals surface area (Å²) in [6.07, 6.45) is 2.99. The highest BCUT2D eigenvalue weighted by atomic mass is 16.2. The number of hydrogen-bond acceptors (Lipinski definition) is 2. The van der Waals surface area contributed by atoms with Gasteiger partial charge in [0.05, 0.1) is 0 Å². The lowest BCUT2D eigenvalue weighted by Crippen LogP contribution is -2.39. The number of carbonyl (C=O) groups is 1. The molecule has 1 aliphatic rings. The molecule has 0 heterocycles. The molecule has 0 spiro atoms. The smallest absolute Gasteiger partial charge is 0.223 e. The Balaban J connectivity index is 2.14. The van der Waals surface area contributed by atoms with Crippen LogP contribution in [0.15, 0.2) is 0 Å². The van der Waals surface area contributed by atoms with E-state index in [0.717, 1.165) is 6.54 Å². The van der Waals surface area contributed by atoms with E-state index in [1.54, 1.807) is 0 Å². The molecule has 0 saturated heterocycles. The van der Waals surface area contributed by atoms with Gasteiger partial charge in [0.2, 0.25) is 5.91 Å². The molecule has 1 amide bonds. The Hall–Kier alpha value is -0.570. The van der Waals surface area contributed by atoms with E-state index in [0.29, 0.717) is 12.5 Å². The maximum atomic E-state index is 11.6. The second-order valence-electron chi connectivity index (χ2n) is 5.16. The standard InChI is InChI=1S/C11H22N2O/c1-11(2,3)12-8-7-10(14)13(4)9-5-6-9/h9,12H,5-8H2,1-4H3. The highest BCUT2D eigenvalue weighted by Gasteiger charge is 2.29. The Labute approximate surface area is 86.9 Å². The van der Waals surface area contributed by atoms with Crippen LogP contribution in [0.3, 0.4) is 0 Å². The second-order valence-corrected chi connectivity index (χ2v) is 5.16. The van der Waals surface area contributed by atoms with Gasteiger partial charge in [-0.25, -0.2) is 0 Å². The summed E-state index contributed by atoms with van der Waals surface area (Å²) in [6.45, 7) is 7.12. The molecular formula is C11H22N2O. The lowest BCUT2D eigenvalue weighted by Gasteiger charge is -2.22. The molecule has 1 aliphatic carbocycles. The van der Waals surface area contributed by atoms with Gasteiger partial charge in [-0.15, -0.1) is 0 Å². The predicted molar refractivity (Wildman–Crippen MR) is 58.2 cm³/mol. The third-order valence-corrected chi connectivity index (χ3v) is 2.48. The third kappa shape index (κ3) is 4.09. The Morgan fingerprint density at radius 1 is 1.43 bits per heavy atom. The van der Waals surface area contributed by atoms with Crippen LogP contribution in [0.5, 0.6) is 0 Å². The summed E-state index contributed by atoms with van der Waals surface area (Å²) in [5, 5.41) is 3.32. The fourth-order valence-electron chi connectivity index (χ4n) is 1.39. The molecule has 0 unspecified atom stereocenters. The van der Waals surface area contributed by atoms with E-state index in [2.05, 4.69) is 26.1 Å². The molecule has 0 aromatic rings. The molecule has 0 aromatic heterocycles. The summed E-state index contributed by atoms with van der Waals surface area (Å²) < 4.78 is 0. The van der Waals surface area contributed by atoms with Crippen molar-refractivity contribution in [2.75, 3.05) is 13.6 Å². The number of hydrogen-bond donors (Lipinski definition) is 1. The molecule has 1 N–H and O–H groups in total. The van der Waals surface area contributed by atoms with Crippen LogP contribution in [-0.4, -0.2) is 36.0 Å².